The first-order valence-electron chi connectivity index (χ1n) is 5.63. The average molecular weight is 261 g/mol. The summed E-state index contributed by atoms with van der Waals surface area (Å²) in [6.07, 6.45) is -3.01. The Kier molecular flexibility index (Phi) is 5.70. The molecular weight excluding hydrogens is 242 g/mol. The minimum Gasteiger partial charge on any atom is -0.394 e. The fourth-order valence-electron chi connectivity index (χ4n) is 1.78. The highest BCUT2D eigenvalue weighted by Gasteiger charge is 2.45. The molecule has 3 unspecified atom stereocenters. The van der Waals surface area contributed by atoms with Gasteiger partial charge in [0.1, 0.15) is 24.4 Å². The largest absolute Gasteiger partial charge is 0.394 e. The van der Waals surface area contributed by atoms with Crippen molar-refractivity contribution in [3.05, 3.63) is 12.7 Å². The Morgan fingerprint density at radius 3 is 2.67 bits per heavy atom. The summed E-state index contributed by atoms with van der Waals surface area (Å²) in [5, 5.41) is 31.1. The zero-order chi connectivity index (χ0) is 13.7. The molecule has 0 spiro atoms. The van der Waals surface area contributed by atoms with E-state index in [-0.39, 0.29) is 12.5 Å². The highest BCUT2D eigenvalue weighted by molar-refractivity contribution is 5.73. The molecule has 1 amide bonds. The molecule has 1 rings (SSSR count). The van der Waals surface area contributed by atoms with Crippen LogP contribution in [0.15, 0.2) is 12.7 Å². The van der Waals surface area contributed by atoms with Gasteiger partial charge in [-0.2, -0.15) is 0 Å². The molecule has 18 heavy (non-hydrogen) atoms. The van der Waals surface area contributed by atoms with E-state index in [4.69, 9.17) is 14.6 Å². The number of hydrogen-bond donors (Lipinski definition) is 4. The van der Waals surface area contributed by atoms with Crippen LogP contribution in [-0.4, -0.2) is 65.1 Å². The lowest BCUT2D eigenvalue weighted by Gasteiger charge is -2.42. The second-order valence-electron chi connectivity index (χ2n) is 4.05. The molecule has 7 nitrogen and oxygen atoms in total. The van der Waals surface area contributed by atoms with Crippen molar-refractivity contribution < 1.29 is 29.6 Å². The third-order valence-corrected chi connectivity index (χ3v) is 2.63. The van der Waals surface area contributed by atoms with Gasteiger partial charge >= 0.3 is 0 Å². The van der Waals surface area contributed by atoms with Crippen LogP contribution in [0.25, 0.3) is 0 Å². The van der Waals surface area contributed by atoms with Gasteiger partial charge in [-0.3, -0.25) is 4.79 Å². The number of ether oxygens (including phenoxy) is 2. The predicted octanol–water partition coefficient (Wildman–Crippen LogP) is -1.87. The van der Waals surface area contributed by atoms with Crippen molar-refractivity contribution in [1.82, 2.24) is 5.32 Å². The molecule has 0 aromatic heterocycles. The number of amides is 1. The van der Waals surface area contributed by atoms with Crippen molar-refractivity contribution >= 4 is 5.91 Å². The van der Waals surface area contributed by atoms with Crippen LogP contribution in [0.5, 0.6) is 0 Å². The van der Waals surface area contributed by atoms with E-state index in [1.54, 1.807) is 0 Å². The van der Waals surface area contributed by atoms with Gasteiger partial charge in [-0.25, -0.2) is 0 Å². The minimum atomic E-state index is -1.30. The summed E-state index contributed by atoms with van der Waals surface area (Å²) in [5.74, 6) is -0.385. The average Bonchev–Trinajstić information content (AvgIpc) is 2.33. The van der Waals surface area contributed by atoms with Gasteiger partial charge in [0.05, 0.1) is 13.2 Å². The Morgan fingerprint density at radius 1 is 1.50 bits per heavy atom. The van der Waals surface area contributed by atoms with Gasteiger partial charge in [0, 0.05) is 6.92 Å². The first-order chi connectivity index (χ1) is 8.51. The Balaban J connectivity index is 2.79. The molecule has 0 aliphatic carbocycles. The Labute approximate surface area is 105 Å². The van der Waals surface area contributed by atoms with Crippen LogP contribution in [0.3, 0.4) is 0 Å². The quantitative estimate of drug-likeness (QED) is 0.432. The Morgan fingerprint density at radius 2 is 2.17 bits per heavy atom. The summed E-state index contributed by atoms with van der Waals surface area (Å²) >= 11 is 0. The van der Waals surface area contributed by atoms with Crippen molar-refractivity contribution in [2.45, 2.75) is 37.6 Å². The molecule has 1 fully saturated rings. The molecule has 1 aliphatic heterocycles. The van der Waals surface area contributed by atoms with E-state index < -0.39 is 37.3 Å². The van der Waals surface area contributed by atoms with Crippen molar-refractivity contribution in [2.75, 3.05) is 13.2 Å². The van der Waals surface area contributed by atoms with Crippen LogP contribution in [0, 0.1) is 0 Å². The van der Waals surface area contributed by atoms with Gasteiger partial charge in [0.15, 0.2) is 6.29 Å². The highest BCUT2D eigenvalue weighted by atomic mass is 16.7. The number of hydrogen-bond acceptors (Lipinski definition) is 6. The van der Waals surface area contributed by atoms with Crippen LogP contribution in [0.1, 0.15) is 6.92 Å². The topological polar surface area (TPSA) is 108 Å². The lowest BCUT2D eigenvalue weighted by molar-refractivity contribution is -0.267. The first-order valence-corrected chi connectivity index (χ1v) is 5.63. The van der Waals surface area contributed by atoms with Crippen molar-refractivity contribution in [3.8, 4) is 0 Å². The minimum absolute atomic E-state index is 0.154. The second kappa shape index (κ2) is 6.81. The van der Waals surface area contributed by atoms with E-state index >= 15 is 0 Å². The van der Waals surface area contributed by atoms with Crippen molar-refractivity contribution in [2.24, 2.45) is 0 Å². The number of aliphatic hydroxyl groups is 3. The SMILES string of the molecule is C=CCO[C@@H]1OC(CO)[C@H](O)C(O)C1NC(C)=O. The number of aliphatic hydroxyl groups excluding tert-OH is 3. The molecule has 5 atom stereocenters. The molecule has 0 radical (unpaired) electrons. The van der Waals surface area contributed by atoms with Gasteiger partial charge < -0.3 is 30.1 Å². The standard InChI is InChI=1S/C11H19NO6/c1-3-4-17-11-8(12-6(2)14)10(16)9(15)7(5-13)18-11/h3,7-11,13,15-16H,1,4-5H2,2H3,(H,12,14)/t7?,8?,9-,10?,11+/m0/s1. The maximum absolute atomic E-state index is 11.1. The summed E-state index contributed by atoms with van der Waals surface area (Å²) in [4.78, 5) is 11.1. The van der Waals surface area contributed by atoms with E-state index in [1.807, 2.05) is 0 Å². The van der Waals surface area contributed by atoms with Crippen molar-refractivity contribution in [3.63, 3.8) is 0 Å². The van der Waals surface area contributed by atoms with Gasteiger partial charge in [0.25, 0.3) is 0 Å². The second-order valence-corrected chi connectivity index (χ2v) is 4.05. The normalized spacial score (nSPS) is 36.1. The molecule has 7 heteroatoms. The van der Waals surface area contributed by atoms with Gasteiger partial charge in [-0.15, -0.1) is 6.58 Å². The number of carbonyl (C=O) groups is 1. The lowest BCUT2D eigenvalue weighted by atomic mass is 9.97. The molecule has 0 bridgehead atoms. The summed E-state index contributed by atoms with van der Waals surface area (Å²) in [6.45, 7) is 4.45. The third-order valence-electron chi connectivity index (χ3n) is 2.63. The molecule has 0 aromatic rings. The highest BCUT2D eigenvalue weighted by Crippen LogP contribution is 2.22. The van der Waals surface area contributed by atoms with Crippen molar-refractivity contribution in [1.29, 1.82) is 0 Å². The molecule has 1 aliphatic rings. The van der Waals surface area contributed by atoms with E-state index in [9.17, 15) is 15.0 Å². The third kappa shape index (κ3) is 3.50. The lowest BCUT2D eigenvalue weighted by Crippen LogP contribution is -2.64. The molecule has 0 aromatic carbocycles. The zero-order valence-electron chi connectivity index (χ0n) is 10.2. The van der Waals surface area contributed by atoms with Gasteiger partial charge in [0.2, 0.25) is 5.91 Å². The summed E-state index contributed by atoms with van der Waals surface area (Å²) in [6, 6.07) is -0.903. The van der Waals surface area contributed by atoms with E-state index in [0.717, 1.165) is 0 Å². The van der Waals surface area contributed by atoms with E-state index in [1.165, 1.54) is 13.0 Å². The zero-order valence-corrected chi connectivity index (χ0v) is 10.2. The summed E-state index contributed by atoms with van der Waals surface area (Å²) in [5.41, 5.74) is 0. The number of rotatable bonds is 5. The summed E-state index contributed by atoms with van der Waals surface area (Å²) in [7, 11) is 0. The van der Waals surface area contributed by atoms with Gasteiger partial charge in [-0.05, 0) is 0 Å². The van der Waals surface area contributed by atoms with Crippen LogP contribution < -0.4 is 5.32 Å². The summed E-state index contributed by atoms with van der Waals surface area (Å²) < 4.78 is 10.5. The van der Waals surface area contributed by atoms with Crippen LogP contribution in [0.4, 0.5) is 0 Å². The van der Waals surface area contributed by atoms with Crippen LogP contribution >= 0.6 is 0 Å². The van der Waals surface area contributed by atoms with Crippen LogP contribution in [0.2, 0.25) is 0 Å². The maximum Gasteiger partial charge on any atom is 0.217 e. The molecule has 1 heterocycles. The maximum atomic E-state index is 11.1. The van der Waals surface area contributed by atoms with E-state index in [2.05, 4.69) is 11.9 Å². The molecule has 1 saturated heterocycles. The monoisotopic (exact) mass is 261 g/mol. The molecular formula is C11H19NO6. The predicted molar refractivity (Wildman–Crippen MR) is 61.5 cm³/mol. The molecule has 104 valence electrons. The van der Waals surface area contributed by atoms with E-state index in [0.29, 0.717) is 0 Å². The fourth-order valence-corrected chi connectivity index (χ4v) is 1.78. The fraction of sp³-hybridized carbons (Fsp3) is 0.727. The number of nitrogens with one attached hydrogen (secondary N) is 1. The molecule has 0 saturated carbocycles. The smallest absolute Gasteiger partial charge is 0.217 e. The molecule has 4 N–H and O–H groups in total. The number of carbonyl (C=O) groups excluding carboxylic acids is 1. The van der Waals surface area contributed by atoms with Gasteiger partial charge in [-0.1, -0.05) is 6.08 Å². The Hall–Kier alpha value is -0.990. The first kappa shape index (κ1) is 15.1. The van der Waals surface area contributed by atoms with Crippen LogP contribution in [-0.2, 0) is 14.3 Å². The Bertz CT molecular complexity index is 297.